The fourth-order valence-electron chi connectivity index (χ4n) is 1.83. The van der Waals surface area contributed by atoms with Gasteiger partial charge in [-0.1, -0.05) is 13.8 Å². The molecule has 0 spiro atoms. The van der Waals surface area contributed by atoms with Gasteiger partial charge < -0.3 is 11.1 Å². The fourth-order valence-corrected chi connectivity index (χ4v) is 1.83. The number of imide groups is 1. The van der Waals surface area contributed by atoms with Gasteiger partial charge in [-0.15, -0.1) is 0 Å². The van der Waals surface area contributed by atoms with E-state index in [0.717, 1.165) is 0 Å². The molecule has 0 saturated carbocycles. The second kappa shape index (κ2) is 5.21. The average molecular weight is 263 g/mol. The molecule has 1 atom stereocenters. The molecular formula is C12H17N5O2. The number of anilines is 2. The van der Waals surface area contributed by atoms with Crippen LogP contribution in [0.15, 0.2) is 6.07 Å². The summed E-state index contributed by atoms with van der Waals surface area (Å²) in [5, 5.41) is 5.28. The van der Waals surface area contributed by atoms with Crippen molar-refractivity contribution in [1.29, 1.82) is 0 Å². The number of carbonyl (C=O) groups is 2. The van der Waals surface area contributed by atoms with Gasteiger partial charge in [-0.3, -0.25) is 14.9 Å². The first kappa shape index (κ1) is 13.3. The lowest BCUT2D eigenvalue weighted by Crippen LogP contribution is -2.47. The molecule has 0 radical (unpaired) electrons. The molecule has 1 aromatic rings. The Bertz CT molecular complexity index is 515. The van der Waals surface area contributed by atoms with E-state index in [0.29, 0.717) is 30.3 Å². The zero-order valence-corrected chi connectivity index (χ0v) is 10.9. The van der Waals surface area contributed by atoms with Gasteiger partial charge in [-0.25, -0.2) is 9.97 Å². The molecule has 1 aromatic heterocycles. The molecule has 102 valence electrons. The van der Waals surface area contributed by atoms with Gasteiger partial charge in [0.15, 0.2) is 0 Å². The van der Waals surface area contributed by atoms with Crippen LogP contribution in [-0.4, -0.2) is 27.8 Å². The number of carbonyl (C=O) groups excluding carboxylic acids is 2. The first-order chi connectivity index (χ1) is 8.95. The third kappa shape index (κ3) is 3.18. The quantitative estimate of drug-likeness (QED) is 0.681. The van der Waals surface area contributed by atoms with E-state index < -0.39 is 6.04 Å². The van der Waals surface area contributed by atoms with E-state index in [2.05, 4.69) is 20.6 Å². The number of aromatic nitrogens is 2. The van der Waals surface area contributed by atoms with Crippen molar-refractivity contribution < 1.29 is 9.59 Å². The van der Waals surface area contributed by atoms with Gasteiger partial charge in [-0.05, 0) is 6.42 Å². The van der Waals surface area contributed by atoms with E-state index in [1.165, 1.54) is 0 Å². The van der Waals surface area contributed by atoms with Crippen LogP contribution >= 0.6 is 0 Å². The van der Waals surface area contributed by atoms with Crippen LogP contribution in [0.25, 0.3) is 0 Å². The molecule has 2 heterocycles. The summed E-state index contributed by atoms with van der Waals surface area (Å²) in [6.45, 7) is 3.93. The van der Waals surface area contributed by atoms with E-state index in [1.54, 1.807) is 6.07 Å². The minimum absolute atomic E-state index is 0.144. The first-order valence-electron chi connectivity index (χ1n) is 6.20. The maximum atomic E-state index is 11.6. The van der Waals surface area contributed by atoms with Crippen LogP contribution in [0.1, 0.15) is 38.4 Å². The summed E-state index contributed by atoms with van der Waals surface area (Å²) in [4.78, 5) is 31.2. The Kier molecular flexibility index (Phi) is 3.64. The maximum Gasteiger partial charge on any atom is 0.249 e. The molecule has 0 aromatic carbocycles. The third-order valence-electron chi connectivity index (χ3n) is 2.84. The smallest absolute Gasteiger partial charge is 0.249 e. The predicted molar refractivity (Wildman–Crippen MR) is 70.3 cm³/mol. The second-order valence-electron chi connectivity index (χ2n) is 4.84. The van der Waals surface area contributed by atoms with Gasteiger partial charge in [0, 0.05) is 18.4 Å². The van der Waals surface area contributed by atoms with Crippen LogP contribution in [0.5, 0.6) is 0 Å². The van der Waals surface area contributed by atoms with Crippen molar-refractivity contribution in [3.05, 3.63) is 11.9 Å². The lowest BCUT2D eigenvalue weighted by molar-refractivity contribution is -0.133. The highest BCUT2D eigenvalue weighted by atomic mass is 16.2. The Morgan fingerprint density at radius 1 is 1.42 bits per heavy atom. The minimum atomic E-state index is -0.466. The van der Waals surface area contributed by atoms with E-state index in [-0.39, 0.29) is 17.7 Å². The van der Waals surface area contributed by atoms with Gasteiger partial charge in [0.05, 0.1) is 0 Å². The standard InChI is InChI=1S/C12H17N5O2/c1-6(2)11-15-8(13)5-9(16-11)14-7-3-4-10(18)17-12(7)19/h5-7H,3-4H2,1-2H3,(H,17,18,19)(H3,13,14,15,16). The van der Waals surface area contributed by atoms with Crippen molar-refractivity contribution in [2.45, 2.75) is 38.6 Å². The number of nitrogens with two attached hydrogens (primary N) is 1. The lowest BCUT2D eigenvalue weighted by Gasteiger charge is -2.22. The van der Waals surface area contributed by atoms with Gasteiger partial charge in [-0.2, -0.15) is 0 Å². The van der Waals surface area contributed by atoms with Crippen LogP contribution in [-0.2, 0) is 9.59 Å². The van der Waals surface area contributed by atoms with Crippen LogP contribution in [0.4, 0.5) is 11.6 Å². The Labute approximate surface area is 111 Å². The molecule has 1 fully saturated rings. The van der Waals surface area contributed by atoms with Crippen molar-refractivity contribution in [2.75, 3.05) is 11.1 Å². The van der Waals surface area contributed by atoms with Gasteiger partial charge in [0.2, 0.25) is 11.8 Å². The molecule has 7 nitrogen and oxygen atoms in total. The largest absolute Gasteiger partial charge is 0.384 e. The average Bonchev–Trinajstić information content (AvgIpc) is 2.32. The third-order valence-corrected chi connectivity index (χ3v) is 2.84. The normalized spacial score (nSPS) is 19.4. The molecule has 2 rings (SSSR count). The summed E-state index contributed by atoms with van der Waals surface area (Å²) in [6.07, 6.45) is 0.770. The SMILES string of the molecule is CC(C)c1nc(N)cc(NC2CCC(=O)NC2=O)n1. The van der Waals surface area contributed by atoms with Crippen LogP contribution in [0, 0.1) is 0 Å². The number of hydrogen-bond acceptors (Lipinski definition) is 6. The van der Waals surface area contributed by atoms with E-state index >= 15 is 0 Å². The molecule has 1 saturated heterocycles. The summed E-state index contributed by atoms with van der Waals surface area (Å²) < 4.78 is 0. The zero-order valence-electron chi connectivity index (χ0n) is 10.9. The molecule has 1 aliphatic heterocycles. The first-order valence-corrected chi connectivity index (χ1v) is 6.20. The van der Waals surface area contributed by atoms with Crippen molar-refractivity contribution in [3.8, 4) is 0 Å². The van der Waals surface area contributed by atoms with E-state index in [4.69, 9.17) is 5.73 Å². The molecule has 0 aliphatic carbocycles. The van der Waals surface area contributed by atoms with Crippen LogP contribution in [0.2, 0.25) is 0 Å². The number of nitrogen functional groups attached to an aromatic ring is 1. The topological polar surface area (TPSA) is 110 Å². The molecule has 1 aliphatic rings. The highest BCUT2D eigenvalue weighted by Crippen LogP contribution is 2.17. The number of nitrogens with zero attached hydrogens (tertiary/aromatic N) is 2. The molecule has 0 bridgehead atoms. The molecule has 2 amide bonds. The van der Waals surface area contributed by atoms with Crippen LogP contribution in [0.3, 0.4) is 0 Å². The number of nitrogens with one attached hydrogen (secondary N) is 2. The molecule has 7 heteroatoms. The maximum absolute atomic E-state index is 11.6. The van der Waals surface area contributed by atoms with E-state index in [9.17, 15) is 9.59 Å². The fraction of sp³-hybridized carbons (Fsp3) is 0.500. The summed E-state index contributed by atoms with van der Waals surface area (Å²) in [6, 6.07) is 1.11. The number of hydrogen-bond donors (Lipinski definition) is 3. The summed E-state index contributed by atoms with van der Waals surface area (Å²) in [7, 11) is 0. The Balaban J connectivity index is 2.14. The predicted octanol–water partition coefficient (Wildman–Crippen LogP) is 0.399. The molecule has 1 unspecified atom stereocenters. The van der Waals surface area contributed by atoms with Gasteiger partial charge in [0.25, 0.3) is 0 Å². The minimum Gasteiger partial charge on any atom is -0.384 e. The summed E-state index contributed by atoms with van der Waals surface area (Å²) >= 11 is 0. The Morgan fingerprint density at radius 3 is 2.79 bits per heavy atom. The Morgan fingerprint density at radius 2 is 2.16 bits per heavy atom. The van der Waals surface area contributed by atoms with Crippen molar-refractivity contribution in [3.63, 3.8) is 0 Å². The van der Waals surface area contributed by atoms with E-state index in [1.807, 2.05) is 13.8 Å². The number of amides is 2. The summed E-state index contributed by atoms with van der Waals surface area (Å²) in [5.74, 6) is 1.05. The monoisotopic (exact) mass is 263 g/mol. The Hall–Kier alpha value is -2.18. The number of piperidine rings is 1. The molecule has 4 N–H and O–H groups in total. The second-order valence-corrected chi connectivity index (χ2v) is 4.84. The van der Waals surface area contributed by atoms with Crippen molar-refractivity contribution in [1.82, 2.24) is 15.3 Å². The summed E-state index contributed by atoms with van der Waals surface area (Å²) in [5.41, 5.74) is 5.71. The van der Waals surface area contributed by atoms with Crippen molar-refractivity contribution >= 4 is 23.5 Å². The zero-order chi connectivity index (χ0) is 14.0. The molecular weight excluding hydrogens is 246 g/mol. The number of rotatable bonds is 3. The highest BCUT2D eigenvalue weighted by Gasteiger charge is 2.26. The highest BCUT2D eigenvalue weighted by molar-refractivity contribution is 6.01. The van der Waals surface area contributed by atoms with Gasteiger partial charge in [0.1, 0.15) is 23.5 Å². The van der Waals surface area contributed by atoms with Crippen LogP contribution < -0.4 is 16.4 Å². The van der Waals surface area contributed by atoms with Crippen molar-refractivity contribution in [2.24, 2.45) is 0 Å². The van der Waals surface area contributed by atoms with Gasteiger partial charge >= 0.3 is 0 Å². The lowest BCUT2D eigenvalue weighted by atomic mass is 10.1. The molecule has 19 heavy (non-hydrogen) atoms.